The predicted molar refractivity (Wildman–Crippen MR) is 184 cm³/mol. The summed E-state index contributed by atoms with van der Waals surface area (Å²) in [6, 6.07) is 46.9. The molecule has 51 heavy (non-hydrogen) atoms. The minimum absolute atomic E-state index is 0. The number of hydrogen-bond acceptors (Lipinski definition) is 6. The minimum Gasteiger partial charge on any atom is -0.741 e. The Kier molecular flexibility index (Phi) is 13.4. The van der Waals surface area contributed by atoms with Gasteiger partial charge in [0.25, 0.3) is 0 Å². The Morgan fingerprint density at radius 2 is 0.745 bits per heavy atom. The van der Waals surface area contributed by atoms with Crippen molar-refractivity contribution in [2.45, 2.75) is 11.0 Å². The van der Waals surface area contributed by atoms with Gasteiger partial charge in [-0.05, 0) is 34.4 Å². The van der Waals surface area contributed by atoms with Gasteiger partial charge >= 0.3 is 31.4 Å². The molecular formula is C35H26F6O6PPdS2+. The van der Waals surface area contributed by atoms with Crippen LogP contribution in [0.2, 0.25) is 0 Å². The van der Waals surface area contributed by atoms with Gasteiger partial charge in [0.1, 0.15) is 23.2 Å². The van der Waals surface area contributed by atoms with E-state index in [1.54, 1.807) is 0 Å². The number of halogens is 6. The normalized spacial score (nSPS) is 12.2. The van der Waals surface area contributed by atoms with Crippen molar-refractivity contribution in [2.75, 3.05) is 6.16 Å². The van der Waals surface area contributed by atoms with Crippen LogP contribution in [0.4, 0.5) is 26.3 Å². The van der Waals surface area contributed by atoms with Crippen molar-refractivity contribution in [2.24, 2.45) is 0 Å². The van der Waals surface area contributed by atoms with Crippen molar-refractivity contribution < 1.29 is 72.7 Å². The third kappa shape index (κ3) is 9.23. The largest absolute Gasteiger partial charge is 2.00 e. The molecule has 0 heterocycles. The quantitative estimate of drug-likeness (QED) is 0.0438. The zero-order valence-corrected chi connectivity index (χ0v) is 30.0. The molecule has 0 bridgehead atoms. The summed E-state index contributed by atoms with van der Waals surface area (Å²) in [6.45, 7) is 4.29. The predicted octanol–water partition coefficient (Wildman–Crippen LogP) is 7.73. The van der Waals surface area contributed by atoms with E-state index in [-0.39, 0.29) is 20.4 Å². The summed E-state index contributed by atoms with van der Waals surface area (Å²) in [5.74, 6) is 0. The fraction of sp³-hybridized carbons (Fsp3) is 0.0857. The molecule has 0 fully saturated rings. The van der Waals surface area contributed by atoms with Crippen molar-refractivity contribution >= 4 is 75.7 Å². The van der Waals surface area contributed by atoms with E-state index < -0.39 is 38.5 Å². The Balaban J connectivity index is 0.000000347. The van der Waals surface area contributed by atoms with Crippen LogP contribution in [0.25, 0.3) is 32.3 Å². The zero-order chi connectivity index (χ0) is 37.0. The van der Waals surface area contributed by atoms with Crippen molar-refractivity contribution in [1.82, 2.24) is 0 Å². The summed E-state index contributed by atoms with van der Waals surface area (Å²) in [7, 11) is -14.3. The molecule has 0 atom stereocenters. The molecule has 6 nitrogen and oxygen atoms in total. The minimum atomic E-state index is -6.09. The average Bonchev–Trinajstić information content (AvgIpc) is 3.05. The van der Waals surface area contributed by atoms with Crippen molar-refractivity contribution in [3.05, 3.63) is 140 Å². The standard InChI is InChI=1S/C33H26P.2CHF3O3S.Pd/c1-2-24-34(31-21-9-15-25-12-3-6-18-28(25)31,32-22-10-16-26-13-4-7-19-29(26)32)33-23-11-17-27-14-5-8-20-30(27)33;2*2-1(3,4)8(5,6)7;/h2-23H,1,24H2;2*(H,5,6,7);/q+1;;;+2/p-2. The third-order valence-electron chi connectivity index (χ3n) is 7.50. The van der Waals surface area contributed by atoms with E-state index in [2.05, 4.69) is 140 Å². The van der Waals surface area contributed by atoms with Crippen LogP contribution in [0.15, 0.2) is 140 Å². The molecule has 6 aromatic rings. The van der Waals surface area contributed by atoms with Crippen LogP contribution in [0, 0.1) is 0 Å². The smallest absolute Gasteiger partial charge is 0.741 e. The Hall–Kier alpha value is -3.67. The van der Waals surface area contributed by atoms with Crippen molar-refractivity contribution in [3.63, 3.8) is 0 Å². The Bertz CT molecular complexity index is 2140. The van der Waals surface area contributed by atoms with E-state index in [1.165, 1.54) is 48.2 Å². The second-order valence-corrected chi connectivity index (χ2v) is 16.7. The van der Waals surface area contributed by atoms with E-state index in [0.29, 0.717) is 0 Å². The summed E-state index contributed by atoms with van der Waals surface area (Å²) in [5, 5.41) is 12.1. The van der Waals surface area contributed by atoms with E-state index >= 15 is 0 Å². The van der Waals surface area contributed by atoms with Crippen molar-refractivity contribution in [1.29, 1.82) is 0 Å². The molecule has 0 aliphatic rings. The molecule has 6 aromatic carbocycles. The first-order chi connectivity index (χ1) is 23.3. The number of hydrogen-bond donors (Lipinski definition) is 0. The van der Waals surface area contributed by atoms with Gasteiger partial charge in [0.2, 0.25) is 0 Å². The van der Waals surface area contributed by atoms with Gasteiger partial charge in [-0.2, -0.15) is 26.3 Å². The first-order valence-corrected chi connectivity index (χ1v) is 19.1. The van der Waals surface area contributed by atoms with Crippen LogP contribution in [0.1, 0.15) is 0 Å². The number of benzene rings is 6. The molecule has 0 unspecified atom stereocenters. The fourth-order valence-electron chi connectivity index (χ4n) is 5.50. The van der Waals surface area contributed by atoms with Crippen LogP contribution in [-0.4, -0.2) is 43.1 Å². The molecular weight excluding hydrogens is 832 g/mol. The maximum Gasteiger partial charge on any atom is 2.00 e. The van der Waals surface area contributed by atoms with E-state index in [4.69, 9.17) is 25.9 Å². The molecule has 0 amide bonds. The van der Waals surface area contributed by atoms with Crippen LogP contribution >= 0.6 is 7.26 Å². The average molecular weight is 858 g/mol. The number of fused-ring (bicyclic) bond motifs is 3. The molecule has 0 aliphatic heterocycles. The third-order valence-corrected chi connectivity index (χ3v) is 13.1. The summed E-state index contributed by atoms with van der Waals surface area (Å²) in [4.78, 5) is 0. The number of allylic oxidation sites excluding steroid dienone is 1. The van der Waals surface area contributed by atoms with Gasteiger partial charge in [0.05, 0.1) is 6.16 Å². The van der Waals surface area contributed by atoms with Crippen LogP contribution in [0.3, 0.4) is 0 Å². The van der Waals surface area contributed by atoms with Gasteiger partial charge < -0.3 is 9.11 Å². The monoisotopic (exact) mass is 857 g/mol. The molecule has 0 aromatic heterocycles. The fourth-order valence-corrected chi connectivity index (χ4v) is 10.1. The van der Waals surface area contributed by atoms with E-state index in [0.717, 1.165) is 6.16 Å². The van der Waals surface area contributed by atoms with Crippen LogP contribution in [-0.2, 0) is 40.7 Å². The Morgan fingerprint density at radius 1 is 0.510 bits per heavy atom. The summed E-state index contributed by atoms with van der Waals surface area (Å²) in [5.41, 5.74) is -11.3. The van der Waals surface area contributed by atoms with Gasteiger partial charge in [0.15, 0.2) is 20.2 Å². The molecule has 0 radical (unpaired) electrons. The summed E-state index contributed by atoms with van der Waals surface area (Å²) in [6.07, 6.45) is 3.04. The SMILES string of the molecule is C=CC[P+](c1cccc2ccccc12)(c1cccc2ccccc12)c1cccc2ccccc12.O=S(=O)([O-])C(F)(F)F.O=S(=O)([O-])C(F)(F)F.[Pd+2]. The molecule has 270 valence electrons. The maximum absolute atomic E-state index is 10.7. The molecule has 0 saturated carbocycles. The Morgan fingerprint density at radius 3 is 0.980 bits per heavy atom. The Labute approximate surface area is 304 Å². The number of rotatable bonds is 5. The molecule has 16 heteroatoms. The first-order valence-electron chi connectivity index (χ1n) is 14.3. The second-order valence-electron chi connectivity index (χ2n) is 10.6. The molecule has 0 aliphatic carbocycles. The van der Waals surface area contributed by atoms with Gasteiger partial charge in [-0.1, -0.05) is 122 Å². The molecule has 0 spiro atoms. The maximum atomic E-state index is 10.7. The summed E-state index contributed by atoms with van der Waals surface area (Å²) < 4.78 is 118. The molecule has 0 saturated heterocycles. The van der Waals surface area contributed by atoms with Crippen molar-refractivity contribution in [3.8, 4) is 0 Å². The first kappa shape index (κ1) is 41.8. The zero-order valence-electron chi connectivity index (χ0n) is 25.9. The van der Waals surface area contributed by atoms with Crippen LogP contribution in [0.5, 0.6) is 0 Å². The van der Waals surface area contributed by atoms with Gasteiger partial charge in [-0.15, -0.1) is 0 Å². The van der Waals surface area contributed by atoms with Crippen LogP contribution < -0.4 is 15.9 Å². The van der Waals surface area contributed by atoms with Gasteiger partial charge in [-0.25, -0.2) is 16.8 Å². The summed E-state index contributed by atoms with van der Waals surface area (Å²) >= 11 is 0. The number of alkyl halides is 6. The topological polar surface area (TPSA) is 114 Å². The van der Waals surface area contributed by atoms with E-state index in [9.17, 15) is 26.3 Å². The molecule has 6 rings (SSSR count). The molecule has 0 N–H and O–H groups in total. The van der Waals surface area contributed by atoms with Gasteiger partial charge in [0, 0.05) is 16.2 Å². The van der Waals surface area contributed by atoms with E-state index in [1.807, 2.05) is 0 Å². The van der Waals surface area contributed by atoms with Gasteiger partial charge in [-0.3, -0.25) is 0 Å². The second kappa shape index (κ2) is 16.3.